The fourth-order valence-corrected chi connectivity index (χ4v) is 4.20. The molecule has 5 nitrogen and oxygen atoms in total. The van der Waals surface area contributed by atoms with Gasteiger partial charge in [-0.15, -0.1) is 0 Å². The van der Waals surface area contributed by atoms with Gasteiger partial charge in [-0.2, -0.15) is 26.3 Å². The maximum absolute atomic E-state index is 14.1. The Morgan fingerprint density at radius 3 is 1.33 bits per heavy atom. The SMILES string of the molecule is CC(C(=O)C(C)c1ccc(Nc2c(F)cccc2C(F)(F)F)cn1)c1ccc(Nc2c(F)cccc2C(F)(F)F)cn1. The van der Waals surface area contributed by atoms with Gasteiger partial charge in [-0.05, 0) is 62.4 Å². The van der Waals surface area contributed by atoms with E-state index < -0.39 is 58.3 Å². The van der Waals surface area contributed by atoms with Crippen LogP contribution in [0.25, 0.3) is 0 Å². The quantitative estimate of drug-likeness (QED) is 0.200. The van der Waals surface area contributed by atoms with Crippen LogP contribution in [0, 0.1) is 11.6 Å². The summed E-state index contributed by atoms with van der Waals surface area (Å²) < 4.78 is 108. The molecule has 0 aliphatic carbocycles. The summed E-state index contributed by atoms with van der Waals surface area (Å²) in [7, 11) is 0. The highest BCUT2D eigenvalue weighted by molar-refractivity contribution is 5.90. The first-order chi connectivity index (χ1) is 19.7. The van der Waals surface area contributed by atoms with E-state index in [4.69, 9.17) is 0 Å². The Balaban J connectivity index is 1.46. The van der Waals surface area contributed by atoms with Gasteiger partial charge in [0.2, 0.25) is 0 Å². The number of para-hydroxylation sites is 2. The van der Waals surface area contributed by atoms with Gasteiger partial charge in [0.25, 0.3) is 0 Å². The van der Waals surface area contributed by atoms with Crippen molar-refractivity contribution >= 4 is 28.5 Å². The molecule has 0 saturated carbocycles. The number of nitrogens with one attached hydrogen (secondary N) is 2. The average molecular weight is 595 g/mol. The number of rotatable bonds is 8. The molecule has 0 amide bonds. The van der Waals surface area contributed by atoms with Crippen LogP contribution >= 0.6 is 0 Å². The second-order valence-electron chi connectivity index (χ2n) is 9.36. The molecule has 0 bridgehead atoms. The third-order valence-electron chi connectivity index (χ3n) is 6.49. The molecule has 0 spiro atoms. The molecule has 2 aromatic heterocycles. The predicted molar refractivity (Wildman–Crippen MR) is 140 cm³/mol. The van der Waals surface area contributed by atoms with Crippen LogP contribution in [0.2, 0.25) is 0 Å². The van der Waals surface area contributed by atoms with Crippen molar-refractivity contribution in [3.63, 3.8) is 0 Å². The summed E-state index contributed by atoms with van der Waals surface area (Å²) in [4.78, 5) is 21.4. The van der Waals surface area contributed by atoms with Crippen molar-refractivity contribution in [2.75, 3.05) is 10.6 Å². The maximum Gasteiger partial charge on any atom is 0.418 e. The van der Waals surface area contributed by atoms with Gasteiger partial charge >= 0.3 is 12.4 Å². The van der Waals surface area contributed by atoms with E-state index in [2.05, 4.69) is 20.6 Å². The van der Waals surface area contributed by atoms with Crippen molar-refractivity contribution in [1.29, 1.82) is 0 Å². The third kappa shape index (κ3) is 6.67. The van der Waals surface area contributed by atoms with Crippen molar-refractivity contribution in [3.8, 4) is 0 Å². The van der Waals surface area contributed by atoms with Gasteiger partial charge in [0.15, 0.2) is 0 Å². The minimum atomic E-state index is -4.79. The number of benzene rings is 2. The third-order valence-corrected chi connectivity index (χ3v) is 6.49. The van der Waals surface area contributed by atoms with E-state index >= 15 is 0 Å². The van der Waals surface area contributed by atoms with Gasteiger partial charge in [-0.3, -0.25) is 14.8 Å². The molecule has 4 rings (SSSR count). The van der Waals surface area contributed by atoms with Crippen molar-refractivity contribution in [2.24, 2.45) is 0 Å². The highest BCUT2D eigenvalue weighted by Crippen LogP contribution is 2.39. The maximum atomic E-state index is 14.1. The minimum Gasteiger partial charge on any atom is -0.351 e. The van der Waals surface area contributed by atoms with Crippen molar-refractivity contribution in [3.05, 3.63) is 107 Å². The molecule has 0 radical (unpaired) electrons. The lowest BCUT2D eigenvalue weighted by molar-refractivity contribution is -0.137. The fraction of sp³-hybridized carbons (Fsp3) is 0.207. The number of aromatic nitrogens is 2. The summed E-state index contributed by atoms with van der Waals surface area (Å²) in [6, 6.07) is 10.7. The van der Waals surface area contributed by atoms with Crippen molar-refractivity contribution in [2.45, 2.75) is 38.0 Å². The Morgan fingerprint density at radius 2 is 1.02 bits per heavy atom. The molecule has 42 heavy (non-hydrogen) atoms. The normalized spacial score (nSPS) is 13.4. The highest BCUT2D eigenvalue weighted by Gasteiger charge is 2.36. The first-order valence-electron chi connectivity index (χ1n) is 12.4. The van der Waals surface area contributed by atoms with Crippen LogP contribution in [0.15, 0.2) is 73.1 Å². The summed E-state index contributed by atoms with van der Waals surface area (Å²) in [5.74, 6) is -4.08. The molecule has 13 heteroatoms. The number of halogens is 8. The molecule has 2 N–H and O–H groups in total. The topological polar surface area (TPSA) is 66.9 Å². The summed E-state index contributed by atoms with van der Waals surface area (Å²) in [5, 5.41) is 4.77. The van der Waals surface area contributed by atoms with Crippen molar-refractivity contribution in [1.82, 2.24) is 9.97 Å². The molecule has 2 heterocycles. The van der Waals surface area contributed by atoms with E-state index in [9.17, 15) is 39.9 Å². The summed E-state index contributed by atoms with van der Waals surface area (Å²) in [6.07, 6.45) is -7.23. The van der Waals surface area contributed by atoms with E-state index in [1.165, 1.54) is 36.7 Å². The van der Waals surface area contributed by atoms with Crippen LogP contribution < -0.4 is 10.6 Å². The zero-order valence-electron chi connectivity index (χ0n) is 21.9. The van der Waals surface area contributed by atoms with Gasteiger partial charge < -0.3 is 10.6 Å². The first-order valence-corrected chi connectivity index (χ1v) is 12.4. The fourth-order valence-electron chi connectivity index (χ4n) is 4.20. The second kappa shape index (κ2) is 11.7. The predicted octanol–water partition coefficient (Wildman–Crippen LogP) is 8.76. The number of Topliss-reactive ketones (excluding diaryl/α,β-unsaturated/α-hetero) is 1. The Labute approximate surface area is 234 Å². The number of ketones is 1. The smallest absolute Gasteiger partial charge is 0.351 e. The van der Waals surface area contributed by atoms with Gasteiger partial charge in [0, 0.05) is 0 Å². The zero-order valence-corrected chi connectivity index (χ0v) is 21.9. The molecule has 0 aliphatic heterocycles. The molecular formula is C29H22F8N4O. The Hall–Kier alpha value is -4.55. The number of anilines is 4. The molecule has 0 fully saturated rings. The van der Waals surface area contributed by atoms with Gasteiger partial charge in [0.1, 0.15) is 17.4 Å². The van der Waals surface area contributed by atoms with E-state index in [0.29, 0.717) is 11.4 Å². The molecule has 0 saturated heterocycles. The summed E-state index contributed by atoms with van der Waals surface area (Å²) >= 11 is 0. The number of hydrogen-bond donors (Lipinski definition) is 2. The first kappa shape index (κ1) is 30.4. The Morgan fingerprint density at radius 1 is 0.643 bits per heavy atom. The summed E-state index contributed by atoms with van der Waals surface area (Å²) in [5.41, 5.74) is -3.18. The molecular weight excluding hydrogens is 572 g/mol. The van der Waals surface area contributed by atoms with Crippen LogP contribution in [-0.2, 0) is 17.1 Å². The van der Waals surface area contributed by atoms with Crippen LogP contribution in [0.1, 0.15) is 48.2 Å². The number of pyridine rings is 2. The van der Waals surface area contributed by atoms with Crippen LogP contribution in [0.3, 0.4) is 0 Å². The van der Waals surface area contributed by atoms with Crippen LogP contribution in [0.5, 0.6) is 0 Å². The monoisotopic (exact) mass is 594 g/mol. The number of hydrogen-bond acceptors (Lipinski definition) is 5. The number of nitrogens with zero attached hydrogens (tertiary/aromatic N) is 2. The number of carbonyl (C=O) groups excluding carboxylic acids is 1. The molecule has 2 atom stereocenters. The lowest BCUT2D eigenvalue weighted by atomic mass is 9.90. The van der Waals surface area contributed by atoms with Gasteiger partial charge in [-0.1, -0.05) is 12.1 Å². The van der Waals surface area contributed by atoms with E-state index in [-0.39, 0.29) is 17.2 Å². The molecule has 4 aromatic rings. The lowest BCUT2D eigenvalue weighted by Gasteiger charge is -2.18. The van der Waals surface area contributed by atoms with E-state index in [1.807, 2.05) is 0 Å². The van der Waals surface area contributed by atoms with Crippen LogP contribution in [-0.4, -0.2) is 15.8 Å². The average Bonchev–Trinajstić information content (AvgIpc) is 2.93. The zero-order chi connectivity index (χ0) is 30.8. The summed E-state index contributed by atoms with van der Waals surface area (Å²) in [6.45, 7) is 3.14. The van der Waals surface area contributed by atoms with Crippen LogP contribution in [0.4, 0.5) is 57.9 Å². The Bertz CT molecular complexity index is 1450. The highest BCUT2D eigenvalue weighted by atomic mass is 19.4. The van der Waals surface area contributed by atoms with Gasteiger partial charge in [0.05, 0.1) is 69.5 Å². The standard InChI is InChI=1S/C29H22F8N4O/c1-15(23-11-9-17(13-38-23)40-25-19(28(32,33)34)5-3-7-21(25)30)27(42)16(2)24-12-10-18(14-39-24)41-26-20(29(35,36)37)6-4-8-22(26)31/h3-16,40-41H,1-2H3. The second-order valence-corrected chi connectivity index (χ2v) is 9.36. The van der Waals surface area contributed by atoms with E-state index in [0.717, 1.165) is 36.4 Å². The van der Waals surface area contributed by atoms with E-state index in [1.54, 1.807) is 13.8 Å². The lowest BCUT2D eigenvalue weighted by Crippen LogP contribution is -2.18. The molecule has 220 valence electrons. The molecule has 2 aromatic carbocycles. The van der Waals surface area contributed by atoms with Gasteiger partial charge in [-0.25, -0.2) is 8.78 Å². The van der Waals surface area contributed by atoms with Crippen molar-refractivity contribution < 1.29 is 39.9 Å². The molecule has 0 aliphatic rings. The Kier molecular flexibility index (Phi) is 8.50. The number of alkyl halides is 6. The molecule has 2 unspecified atom stereocenters. The number of carbonyl (C=O) groups is 1. The minimum absolute atomic E-state index is 0.0651. The largest absolute Gasteiger partial charge is 0.418 e.